The average Bonchev–Trinajstić information content (AvgIpc) is 2.96. The Morgan fingerprint density at radius 1 is 1.08 bits per heavy atom. The predicted octanol–water partition coefficient (Wildman–Crippen LogP) is 3.40. The van der Waals surface area contributed by atoms with E-state index in [4.69, 9.17) is 0 Å². The number of fused-ring (bicyclic) bond motifs is 1. The zero-order chi connectivity index (χ0) is 17.2. The Balaban J connectivity index is 1.66. The van der Waals surface area contributed by atoms with Gasteiger partial charge in [0, 0.05) is 11.2 Å². The minimum absolute atomic E-state index is 0.0595. The number of rotatable bonds is 4. The van der Waals surface area contributed by atoms with Crippen molar-refractivity contribution in [3.63, 3.8) is 0 Å². The number of nitrogens with one attached hydrogen (secondary N) is 2. The summed E-state index contributed by atoms with van der Waals surface area (Å²) in [6, 6.07) is 13.4. The number of aryl methyl sites for hydroxylation is 1. The zero-order valence-electron chi connectivity index (χ0n) is 12.9. The lowest BCUT2D eigenvalue weighted by Gasteiger charge is -2.08. The fraction of sp³-hybridized carbons (Fsp3) is 0.118. The van der Waals surface area contributed by atoms with E-state index in [1.807, 2.05) is 41.3 Å². The first-order valence-electron chi connectivity index (χ1n) is 7.28. The Labute approximate surface area is 144 Å². The van der Waals surface area contributed by atoms with Crippen molar-refractivity contribution in [3.8, 4) is 0 Å². The molecule has 0 aliphatic heterocycles. The van der Waals surface area contributed by atoms with Crippen LogP contribution in [0.1, 0.15) is 11.1 Å². The van der Waals surface area contributed by atoms with Crippen molar-refractivity contribution >= 4 is 37.5 Å². The smallest absolute Gasteiger partial charge is 0.328 e. The summed E-state index contributed by atoms with van der Waals surface area (Å²) in [6.07, 6.45) is 0. The Morgan fingerprint density at radius 3 is 2.54 bits per heavy atom. The van der Waals surface area contributed by atoms with E-state index in [1.54, 1.807) is 23.5 Å². The molecule has 1 heterocycles. The van der Waals surface area contributed by atoms with Crippen LogP contribution in [0.25, 0.3) is 10.1 Å². The average molecular weight is 360 g/mol. The highest BCUT2D eigenvalue weighted by molar-refractivity contribution is 7.90. The molecule has 7 heteroatoms. The molecule has 0 saturated carbocycles. The van der Waals surface area contributed by atoms with E-state index in [0.717, 1.165) is 21.2 Å². The van der Waals surface area contributed by atoms with E-state index in [9.17, 15) is 13.2 Å². The number of urea groups is 1. The fourth-order valence-corrected chi connectivity index (χ4v) is 4.17. The van der Waals surface area contributed by atoms with Gasteiger partial charge in [0.25, 0.3) is 10.0 Å². The van der Waals surface area contributed by atoms with Crippen molar-refractivity contribution < 1.29 is 13.2 Å². The first-order valence-corrected chi connectivity index (χ1v) is 9.64. The molecule has 5 nitrogen and oxygen atoms in total. The molecule has 124 valence electrons. The van der Waals surface area contributed by atoms with Gasteiger partial charge in [-0.05, 0) is 41.5 Å². The van der Waals surface area contributed by atoms with E-state index in [0.29, 0.717) is 0 Å². The molecule has 0 bridgehead atoms. The van der Waals surface area contributed by atoms with E-state index >= 15 is 0 Å². The molecule has 3 aromatic rings. The summed E-state index contributed by atoms with van der Waals surface area (Å²) in [6.45, 7) is 2.13. The summed E-state index contributed by atoms with van der Waals surface area (Å²) in [5.41, 5.74) is 1.90. The molecular weight excluding hydrogens is 344 g/mol. The van der Waals surface area contributed by atoms with Gasteiger partial charge in [-0.2, -0.15) is 0 Å². The number of sulfonamides is 1. The van der Waals surface area contributed by atoms with Gasteiger partial charge in [-0.25, -0.2) is 17.9 Å². The van der Waals surface area contributed by atoms with Gasteiger partial charge in [-0.15, -0.1) is 11.3 Å². The van der Waals surface area contributed by atoms with Gasteiger partial charge >= 0.3 is 6.03 Å². The van der Waals surface area contributed by atoms with Crippen molar-refractivity contribution in [1.29, 1.82) is 0 Å². The van der Waals surface area contributed by atoms with Crippen LogP contribution in [0.3, 0.4) is 0 Å². The van der Waals surface area contributed by atoms with Crippen molar-refractivity contribution in [3.05, 3.63) is 65.0 Å². The summed E-state index contributed by atoms with van der Waals surface area (Å²) in [5.74, 6) is 0. The fourth-order valence-electron chi connectivity index (χ4n) is 2.28. The van der Waals surface area contributed by atoms with Crippen molar-refractivity contribution in [2.75, 3.05) is 0 Å². The van der Waals surface area contributed by atoms with Crippen LogP contribution in [0.4, 0.5) is 4.79 Å². The van der Waals surface area contributed by atoms with Crippen molar-refractivity contribution in [2.24, 2.45) is 0 Å². The van der Waals surface area contributed by atoms with E-state index in [2.05, 4.69) is 5.32 Å². The number of carbonyl (C=O) groups excluding carboxylic acids is 1. The highest BCUT2D eigenvalue weighted by atomic mass is 32.2. The summed E-state index contributed by atoms with van der Waals surface area (Å²) in [4.78, 5) is 12.0. The molecule has 2 aromatic carbocycles. The highest BCUT2D eigenvalue weighted by Crippen LogP contribution is 2.25. The molecule has 2 N–H and O–H groups in total. The molecular formula is C17H16N2O3S2. The minimum Gasteiger partial charge on any atom is -0.333 e. The third-order valence-electron chi connectivity index (χ3n) is 3.56. The third kappa shape index (κ3) is 3.58. The number of benzene rings is 2. The van der Waals surface area contributed by atoms with Gasteiger partial charge in [0.05, 0.1) is 4.90 Å². The SMILES string of the molecule is Cc1ccc(S(=O)(=O)NC(=O)NCc2csc3ccccc23)cc1. The van der Waals surface area contributed by atoms with Crippen LogP contribution in [-0.4, -0.2) is 14.4 Å². The Morgan fingerprint density at radius 2 is 1.79 bits per heavy atom. The molecule has 24 heavy (non-hydrogen) atoms. The molecule has 0 unspecified atom stereocenters. The second-order valence-corrected chi connectivity index (χ2v) is 7.95. The van der Waals surface area contributed by atoms with Crippen LogP contribution in [0.15, 0.2) is 58.8 Å². The molecule has 0 fully saturated rings. The van der Waals surface area contributed by atoms with Gasteiger partial charge in [0.15, 0.2) is 0 Å². The number of carbonyl (C=O) groups is 1. The maximum Gasteiger partial charge on any atom is 0.328 e. The zero-order valence-corrected chi connectivity index (χ0v) is 14.6. The lowest BCUT2D eigenvalue weighted by molar-refractivity contribution is 0.245. The molecule has 3 rings (SSSR count). The van der Waals surface area contributed by atoms with Crippen LogP contribution >= 0.6 is 11.3 Å². The lowest BCUT2D eigenvalue weighted by atomic mass is 10.2. The second-order valence-electron chi connectivity index (χ2n) is 5.36. The molecule has 0 aliphatic rings. The van der Waals surface area contributed by atoms with E-state index < -0.39 is 16.1 Å². The van der Waals surface area contributed by atoms with Gasteiger partial charge in [0.2, 0.25) is 0 Å². The summed E-state index contributed by atoms with van der Waals surface area (Å²) < 4.78 is 27.5. The van der Waals surface area contributed by atoms with Crippen molar-refractivity contribution in [2.45, 2.75) is 18.4 Å². The topological polar surface area (TPSA) is 75.3 Å². The molecule has 2 amide bonds. The molecule has 0 atom stereocenters. The molecule has 1 aromatic heterocycles. The largest absolute Gasteiger partial charge is 0.333 e. The van der Waals surface area contributed by atoms with E-state index in [1.165, 1.54) is 12.1 Å². The Kier molecular flexibility index (Phi) is 4.55. The normalized spacial score (nSPS) is 11.4. The third-order valence-corrected chi connectivity index (χ3v) is 5.92. The summed E-state index contributed by atoms with van der Waals surface area (Å²) in [7, 11) is -3.87. The van der Waals surface area contributed by atoms with Crippen LogP contribution in [0.2, 0.25) is 0 Å². The quantitative estimate of drug-likeness (QED) is 0.749. The Hall–Kier alpha value is -2.38. The minimum atomic E-state index is -3.87. The first kappa shape index (κ1) is 16.5. The molecule has 0 spiro atoms. The van der Waals surface area contributed by atoms with Crippen molar-refractivity contribution in [1.82, 2.24) is 10.0 Å². The van der Waals surface area contributed by atoms with Gasteiger partial charge < -0.3 is 5.32 Å². The maximum absolute atomic E-state index is 12.2. The maximum atomic E-state index is 12.2. The number of hydrogen-bond acceptors (Lipinski definition) is 4. The highest BCUT2D eigenvalue weighted by Gasteiger charge is 2.17. The van der Waals surface area contributed by atoms with Crippen LogP contribution < -0.4 is 10.0 Å². The second kappa shape index (κ2) is 6.62. The monoisotopic (exact) mass is 360 g/mol. The Bertz CT molecular complexity index is 976. The molecule has 0 saturated heterocycles. The standard InChI is InChI=1S/C17H16N2O3S2/c1-12-6-8-14(9-7-12)24(21,22)19-17(20)18-10-13-11-23-16-5-3-2-4-15(13)16/h2-9,11H,10H2,1H3,(H2,18,19,20). The number of hydrogen-bond donors (Lipinski definition) is 2. The number of amides is 2. The van der Waals surface area contributed by atoms with Crippen LogP contribution in [0, 0.1) is 6.92 Å². The lowest BCUT2D eigenvalue weighted by Crippen LogP contribution is -2.38. The molecule has 0 radical (unpaired) electrons. The first-order chi connectivity index (χ1) is 11.5. The molecule has 0 aliphatic carbocycles. The van der Waals surface area contributed by atoms with E-state index in [-0.39, 0.29) is 11.4 Å². The predicted molar refractivity (Wildman–Crippen MR) is 95.6 cm³/mol. The summed E-state index contributed by atoms with van der Waals surface area (Å²) >= 11 is 1.59. The van der Waals surface area contributed by atoms with Gasteiger partial charge in [-0.1, -0.05) is 35.9 Å². The van der Waals surface area contributed by atoms with Gasteiger partial charge in [-0.3, -0.25) is 0 Å². The summed E-state index contributed by atoms with van der Waals surface area (Å²) in [5, 5.41) is 5.61. The van der Waals surface area contributed by atoms with Gasteiger partial charge in [0.1, 0.15) is 0 Å². The van der Waals surface area contributed by atoms with Crippen LogP contribution in [-0.2, 0) is 16.6 Å². The van der Waals surface area contributed by atoms with Crippen LogP contribution in [0.5, 0.6) is 0 Å². The number of thiophene rings is 1.